The maximum Gasteiger partial charge on any atom is 0.281 e. The van der Waals surface area contributed by atoms with Crippen LogP contribution in [-0.2, 0) is 4.79 Å². The Balaban J connectivity index is 1.57. The number of hydrogen-bond acceptors (Lipinski definition) is 4. The highest BCUT2D eigenvalue weighted by atomic mass is 19.1. The van der Waals surface area contributed by atoms with Crippen LogP contribution in [0.4, 0.5) is 4.39 Å². The van der Waals surface area contributed by atoms with Gasteiger partial charge in [-0.1, -0.05) is 48.6 Å². The quantitative estimate of drug-likeness (QED) is 0.643. The van der Waals surface area contributed by atoms with Crippen LogP contribution < -0.4 is 5.48 Å². The first-order valence-corrected chi connectivity index (χ1v) is 8.91. The summed E-state index contributed by atoms with van der Waals surface area (Å²) in [5.74, 6) is -1.49. The van der Waals surface area contributed by atoms with Gasteiger partial charge in [0.2, 0.25) is 5.67 Å². The lowest BCUT2D eigenvalue weighted by Gasteiger charge is -2.17. The molecule has 138 valence electrons. The van der Waals surface area contributed by atoms with E-state index < -0.39 is 23.4 Å². The average Bonchev–Trinajstić information content (AvgIpc) is 3.35. The van der Waals surface area contributed by atoms with Gasteiger partial charge in [0.1, 0.15) is 5.82 Å². The largest absolute Gasteiger partial charge is 0.289 e. The number of carbonyl (C=O) groups excluding carboxylic acids is 1. The molecule has 1 amide bonds. The lowest BCUT2D eigenvalue weighted by atomic mass is 9.88. The number of rotatable bonds is 4. The van der Waals surface area contributed by atoms with Crippen LogP contribution >= 0.6 is 0 Å². The summed E-state index contributed by atoms with van der Waals surface area (Å²) >= 11 is 0. The molecule has 1 fully saturated rings. The van der Waals surface area contributed by atoms with Crippen LogP contribution in [0.3, 0.4) is 0 Å². The molecule has 6 heteroatoms. The predicted molar refractivity (Wildman–Crippen MR) is 98.4 cm³/mol. The van der Waals surface area contributed by atoms with Crippen LogP contribution in [0.5, 0.6) is 0 Å². The van der Waals surface area contributed by atoms with E-state index in [0.29, 0.717) is 12.2 Å². The zero-order valence-corrected chi connectivity index (χ0v) is 14.8. The van der Waals surface area contributed by atoms with Gasteiger partial charge in [-0.2, -0.15) is 0 Å². The second kappa shape index (κ2) is 6.70. The van der Waals surface area contributed by atoms with Crippen molar-refractivity contribution in [3.8, 4) is 0 Å². The molecule has 27 heavy (non-hydrogen) atoms. The molecule has 4 atom stereocenters. The average molecular weight is 365 g/mol. The summed E-state index contributed by atoms with van der Waals surface area (Å²) in [7, 11) is 0. The van der Waals surface area contributed by atoms with E-state index in [-0.39, 0.29) is 5.92 Å². The van der Waals surface area contributed by atoms with Crippen molar-refractivity contribution in [1.29, 1.82) is 0 Å². The Kier molecular flexibility index (Phi) is 4.36. The van der Waals surface area contributed by atoms with E-state index in [1.165, 1.54) is 5.48 Å². The Hall–Kier alpha value is -2.86. The number of benzene rings is 1. The Labute approximate surface area is 156 Å². The van der Waals surface area contributed by atoms with Crippen molar-refractivity contribution in [1.82, 2.24) is 15.4 Å². The monoisotopic (exact) mass is 365 g/mol. The fraction of sp³-hybridized carbons (Fsp3) is 0.286. The van der Waals surface area contributed by atoms with Crippen molar-refractivity contribution in [2.24, 2.45) is 11.8 Å². The maximum atomic E-state index is 15.5. The lowest BCUT2D eigenvalue weighted by Crippen LogP contribution is -2.34. The van der Waals surface area contributed by atoms with Crippen molar-refractivity contribution < 1.29 is 14.4 Å². The third-order valence-corrected chi connectivity index (χ3v) is 5.50. The molecular weight excluding hydrogens is 345 g/mol. The van der Waals surface area contributed by atoms with Crippen LogP contribution in [0.1, 0.15) is 29.3 Å². The van der Waals surface area contributed by atoms with E-state index >= 15 is 4.39 Å². The van der Waals surface area contributed by atoms with Gasteiger partial charge in [0.05, 0.1) is 0 Å². The first-order valence-electron chi connectivity index (χ1n) is 8.91. The first kappa shape index (κ1) is 17.5. The highest BCUT2D eigenvalue weighted by Gasteiger charge is 2.73. The van der Waals surface area contributed by atoms with Crippen LogP contribution in [-0.4, -0.2) is 26.8 Å². The SMILES string of the molecule is Cc1ncc(C2=CCC(C3C(c4ccccc4)C3(F)C(=O)NO)C=C2)cn1. The summed E-state index contributed by atoms with van der Waals surface area (Å²) in [4.78, 5) is 20.5. The van der Waals surface area contributed by atoms with Gasteiger partial charge in [0, 0.05) is 29.8 Å². The molecule has 2 aliphatic rings. The van der Waals surface area contributed by atoms with E-state index in [1.807, 2.05) is 55.5 Å². The third-order valence-electron chi connectivity index (χ3n) is 5.50. The van der Waals surface area contributed by atoms with Crippen molar-refractivity contribution in [3.05, 3.63) is 77.9 Å². The van der Waals surface area contributed by atoms with Crippen LogP contribution in [0.25, 0.3) is 5.57 Å². The van der Waals surface area contributed by atoms with Gasteiger partial charge >= 0.3 is 0 Å². The zero-order chi connectivity index (χ0) is 19.0. The molecule has 0 bridgehead atoms. The third kappa shape index (κ3) is 2.96. The zero-order valence-electron chi connectivity index (χ0n) is 14.8. The molecule has 4 rings (SSSR count). The molecule has 0 radical (unpaired) electrons. The van der Waals surface area contributed by atoms with Gasteiger partial charge in [-0.25, -0.2) is 19.8 Å². The van der Waals surface area contributed by atoms with Gasteiger partial charge in [-0.15, -0.1) is 0 Å². The molecule has 1 aromatic carbocycles. The second-order valence-corrected chi connectivity index (χ2v) is 7.06. The minimum atomic E-state index is -2.11. The molecule has 2 aliphatic carbocycles. The number of aromatic nitrogens is 2. The second-order valence-electron chi connectivity index (χ2n) is 7.06. The fourth-order valence-corrected chi connectivity index (χ4v) is 4.09. The number of halogens is 1. The van der Waals surface area contributed by atoms with Crippen LogP contribution in [0.15, 0.2) is 61.0 Å². The summed E-state index contributed by atoms with van der Waals surface area (Å²) in [6.07, 6.45) is 10.0. The van der Waals surface area contributed by atoms with E-state index in [0.717, 1.165) is 16.7 Å². The summed E-state index contributed by atoms with van der Waals surface area (Å²) in [6.45, 7) is 1.83. The Morgan fingerprint density at radius 3 is 2.56 bits per heavy atom. The molecule has 1 aromatic heterocycles. The highest BCUT2D eigenvalue weighted by Crippen LogP contribution is 2.65. The van der Waals surface area contributed by atoms with E-state index in [1.54, 1.807) is 12.4 Å². The van der Waals surface area contributed by atoms with Crippen LogP contribution in [0.2, 0.25) is 0 Å². The van der Waals surface area contributed by atoms with Gasteiger partial charge in [0.25, 0.3) is 5.91 Å². The molecule has 0 saturated heterocycles. The topological polar surface area (TPSA) is 75.1 Å². The molecule has 0 aliphatic heterocycles. The molecule has 5 nitrogen and oxygen atoms in total. The maximum absolute atomic E-state index is 15.5. The number of allylic oxidation sites excluding steroid dienone is 4. The molecule has 2 aromatic rings. The standard InChI is InChI=1S/C21H20FN3O2/c1-13-23-11-17(12-24-13)14-7-9-16(10-8-14)19-18(15-5-3-2-4-6-15)21(19,22)20(26)25-27/h2-9,11-12,16,18-19,27H,10H2,1H3,(H,25,26). The number of nitrogens with one attached hydrogen (secondary N) is 1. The summed E-state index contributed by atoms with van der Waals surface area (Å²) in [6, 6.07) is 9.15. The summed E-state index contributed by atoms with van der Waals surface area (Å²) in [5.41, 5.74) is 2.06. The fourth-order valence-electron chi connectivity index (χ4n) is 4.09. The predicted octanol–water partition coefficient (Wildman–Crippen LogP) is 3.37. The number of hydrogen-bond donors (Lipinski definition) is 2. The molecule has 4 unspecified atom stereocenters. The molecule has 1 heterocycles. The molecule has 1 saturated carbocycles. The molecular formula is C21H20FN3O2. The van der Waals surface area contributed by atoms with Gasteiger partial charge in [-0.3, -0.25) is 10.0 Å². The Morgan fingerprint density at radius 1 is 1.26 bits per heavy atom. The van der Waals surface area contributed by atoms with Gasteiger partial charge in [-0.05, 0) is 30.4 Å². The smallest absolute Gasteiger partial charge is 0.281 e. The first-order chi connectivity index (χ1) is 13.1. The minimum Gasteiger partial charge on any atom is -0.289 e. The number of nitrogens with zero attached hydrogens (tertiary/aromatic N) is 2. The van der Waals surface area contributed by atoms with Crippen molar-refractivity contribution >= 4 is 11.5 Å². The Bertz CT molecular complexity index is 911. The highest BCUT2D eigenvalue weighted by molar-refractivity contribution is 5.90. The van der Waals surface area contributed by atoms with Crippen molar-refractivity contribution in [2.45, 2.75) is 24.9 Å². The number of amides is 1. The van der Waals surface area contributed by atoms with Crippen molar-refractivity contribution in [2.75, 3.05) is 0 Å². The minimum absolute atomic E-state index is 0.132. The lowest BCUT2D eigenvalue weighted by molar-refractivity contribution is -0.137. The molecule has 0 spiro atoms. The summed E-state index contributed by atoms with van der Waals surface area (Å²) in [5, 5.41) is 9.02. The van der Waals surface area contributed by atoms with Gasteiger partial charge in [0.15, 0.2) is 0 Å². The number of hydroxylamine groups is 1. The van der Waals surface area contributed by atoms with Crippen LogP contribution in [0, 0.1) is 18.8 Å². The number of carbonyl (C=O) groups is 1. The number of aryl methyl sites for hydroxylation is 1. The van der Waals surface area contributed by atoms with E-state index in [2.05, 4.69) is 9.97 Å². The Morgan fingerprint density at radius 2 is 1.96 bits per heavy atom. The van der Waals surface area contributed by atoms with Gasteiger partial charge < -0.3 is 0 Å². The van der Waals surface area contributed by atoms with E-state index in [9.17, 15) is 4.79 Å². The van der Waals surface area contributed by atoms with Crippen molar-refractivity contribution in [3.63, 3.8) is 0 Å². The normalized spacial score (nSPS) is 29.1. The van der Waals surface area contributed by atoms with E-state index in [4.69, 9.17) is 5.21 Å². The molecule has 2 N–H and O–H groups in total. The number of alkyl halides is 1. The summed E-state index contributed by atoms with van der Waals surface area (Å²) < 4.78 is 15.5.